The number of ether oxygens (including phenoxy) is 1. The van der Waals surface area contributed by atoms with Crippen LogP contribution >= 0.6 is 0 Å². The lowest BCUT2D eigenvalue weighted by atomic mass is 9.84. The molecule has 6 heteroatoms. The van der Waals surface area contributed by atoms with Crippen LogP contribution < -0.4 is 19.6 Å². The topological polar surface area (TPSA) is 65.9 Å². The van der Waals surface area contributed by atoms with Crippen LogP contribution in [0, 0.1) is 6.92 Å². The molecule has 0 bridgehead atoms. The number of carbonyl (C=O) groups is 1. The molecular weight excluding hydrogens is 500 g/mol. The normalized spacial score (nSPS) is 16.6. The summed E-state index contributed by atoms with van der Waals surface area (Å²) in [6.07, 6.45) is 5.42. The summed E-state index contributed by atoms with van der Waals surface area (Å²) in [5.41, 5.74) is 5.15. The zero-order valence-corrected chi connectivity index (χ0v) is 24.2. The number of hydrogen-bond acceptors (Lipinski definition) is 5. The summed E-state index contributed by atoms with van der Waals surface area (Å²) in [7, 11) is 0. The molecule has 0 saturated heterocycles. The third-order valence-corrected chi connectivity index (χ3v) is 7.67. The van der Waals surface area contributed by atoms with Crippen LogP contribution in [0.4, 0.5) is 5.69 Å². The molecule has 0 spiro atoms. The maximum Gasteiger partial charge on any atom is 0.203 e. The van der Waals surface area contributed by atoms with Crippen LogP contribution in [0.5, 0.6) is 5.75 Å². The van der Waals surface area contributed by atoms with Gasteiger partial charge in [-0.25, -0.2) is 4.58 Å². The first-order valence-corrected chi connectivity index (χ1v) is 14.1. The molecule has 1 aromatic carbocycles. The summed E-state index contributed by atoms with van der Waals surface area (Å²) >= 11 is 0. The van der Waals surface area contributed by atoms with Gasteiger partial charge in [0.15, 0.2) is 0 Å². The maximum absolute atomic E-state index is 13.3. The van der Waals surface area contributed by atoms with Gasteiger partial charge in [-0.05, 0) is 95.2 Å². The molecule has 40 heavy (non-hydrogen) atoms. The highest BCUT2D eigenvalue weighted by atomic mass is 16.5. The van der Waals surface area contributed by atoms with Crippen LogP contribution in [0.2, 0.25) is 0 Å². The second kappa shape index (κ2) is 11.0. The molecule has 0 radical (unpaired) electrons. The Hall–Kier alpha value is -4.32. The number of nitrogens with zero attached hydrogens (tertiary/aromatic N) is 2. The van der Waals surface area contributed by atoms with E-state index < -0.39 is 0 Å². The molecular formula is C34H37N2O4+. The Morgan fingerprint density at radius 3 is 2.33 bits per heavy atom. The first-order chi connectivity index (χ1) is 19.3. The summed E-state index contributed by atoms with van der Waals surface area (Å²) in [6, 6.07) is 14.1. The highest BCUT2D eigenvalue weighted by molar-refractivity contribution is 6.24. The number of aliphatic hydroxyl groups excluding tert-OH is 1. The van der Waals surface area contributed by atoms with Gasteiger partial charge in [-0.15, -0.1) is 0 Å². The zero-order chi connectivity index (χ0) is 28.6. The van der Waals surface area contributed by atoms with Gasteiger partial charge in [-0.3, -0.25) is 4.79 Å². The first kappa shape index (κ1) is 27.3. The fourth-order valence-electron chi connectivity index (χ4n) is 5.50. The van der Waals surface area contributed by atoms with Gasteiger partial charge in [0.2, 0.25) is 11.1 Å². The van der Waals surface area contributed by atoms with Crippen molar-refractivity contribution in [1.82, 2.24) is 4.58 Å². The largest absolute Gasteiger partial charge is 0.506 e. The Balaban J connectivity index is 1.53. The van der Waals surface area contributed by atoms with Gasteiger partial charge in [0.25, 0.3) is 0 Å². The second-order valence-corrected chi connectivity index (χ2v) is 10.1. The number of hydrogen-bond donors (Lipinski definition) is 1. The zero-order valence-electron chi connectivity index (χ0n) is 24.2. The third-order valence-electron chi connectivity index (χ3n) is 7.67. The number of carbonyl (C=O) groups excluding carboxylic acids is 1. The van der Waals surface area contributed by atoms with E-state index in [0.717, 1.165) is 82.5 Å². The van der Waals surface area contributed by atoms with Gasteiger partial charge in [0.05, 0.1) is 17.2 Å². The van der Waals surface area contributed by atoms with Crippen molar-refractivity contribution in [2.45, 2.75) is 41.5 Å². The van der Waals surface area contributed by atoms with Gasteiger partial charge in [0, 0.05) is 42.0 Å². The van der Waals surface area contributed by atoms with Crippen LogP contribution in [0.25, 0.3) is 23.0 Å². The lowest BCUT2D eigenvalue weighted by molar-refractivity contribution is -0.113. The van der Waals surface area contributed by atoms with Gasteiger partial charge < -0.3 is 19.2 Å². The summed E-state index contributed by atoms with van der Waals surface area (Å²) < 4.78 is 14.3. The Morgan fingerprint density at radius 1 is 0.925 bits per heavy atom. The molecule has 2 aliphatic heterocycles. The molecule has 0 aromatic heterocycles. The highest BCUT2D eigenvalue weighted by Gasteiger charge is 2.33. The average Bonchev–Trinajstić information content (AvgIpc) is 2.95. The minimum atomic E-state index is -0.185. The average molecular weight is 538 g/mol. The van der Waals surface area contributed by atoms with Gasteiger partial charge >= 0.3 is 0 Å². The fourth-order valence-corrected chi connectivity index (χ4v) is 5.50. The lowest BCUT2D eigenvalue weighted by Crippen LogP contribution is -2.29. The number of fused-ring (bicyclic) bond motifs is 2. The van der Waals surface area contributed by atoms with E-state index in [1.165, 1.54) is 0 Å². The number of aryl methyl sites for hydroxylation is 1. The van der Waals surface area contributed by atoms with E-state index in [1.54, 1.807) is 12.2 Å². The van der Waals surface area contributed by atoms with Crippen molar-refractivity contribution in [3.8, 4) is 17.1 Å². The minimum Gasteiger partial charge on any atom is -0.506 e. The van der Waals surface area contributed by atoms with Crippen LogP contribution in [0.1, 0.15) is 51.5 Å². The van der Waals surface area contributed by atoms with E-state index in [0.29, 0.717) is 11.1 Å². The molecule has 2 heterocycles. The van der Waals surface area contributed by atoms with Crippen molar-refractivity contribution < 1.29 is 19.1 Å². The predicted octanol–water partition coefficient (Wildman–Crippen LogP) is 6.51. The molecule has 5 rings (SSSR count). The van der Waals surface area contributed by atoms with E-state index in [-0.39, 0.29) is 11.5 Å². The minimum absolute atomic E-state index is 0.00251. The molecule has 1 N–H and O–H groups in total. The van der Waals surface area contributed by atoms with Gasteiger partial charge in [0.1, 0.15) is 41.9 Å². The van der Waals surface area contributed by atoms with E-state index in [2.05, 4.69) is 49.3 Å². The highest BCUT2D eigenvalue weighted by Crippen LogP contribution is 2.40. The quantitative estimate of drug-likeness (QED) is 0.275. The van der Waals surface area contributed by atoms with Crippen molar-refractivity contribution in [1.29, 1.82) is 0 Å². The molecule has 0 fully saturated rings. The number of anilines is 1. The number of allylic oxidation sites excluding steroid dienone is 6. The van der Waals surface area contributed by atoms with E-state index in [9.17, 15) is 9.90 Å². The maximum atomic E-state index is 13.3. The molecule has 206 valence electrons. The van der Waals surface area contributed by atoms with E-state index >= 15 is 0 Å². The van der Waals surface area contributed by atoms with Crippen molar-refractivity contribution in [3.63, 3.8) is 0 Å². The third kappa shape index (κ3) is 4.90. The SMILES string of the molecule is CCN(CC)c1ccc2c(c1)OC(C)=CC2=CC1=C(O)C(=Cc2cc(C)oc3cc(=[N+](CC)CC)ccc2-3)C1=O. The summed E-state index contributed by atoms with van der Waals surface area (Å²) in [5, 5.41) is 12.1. The van der Waals surface area contributed by atoms with Crippen molar-refractivity contribution in [3.05, 3.63) is 99.5 Å². The number of benzene rings is 2. The molecule has 1 aromatic rings. The predicted molar refractivity (Wildman–Crippen MR) is 161 cm³/mol. The second-order valence-electron chi connectivity index (χ2n) is 10.1. The van der Waals surface area contributed by atoms with Crippen LogP contribution in [0.3, 0.4) is 0 Å². The van der Waals surface area contributed by atoms with Crippen molar-refractivity contribution >= 4 is 23.1 Å². The lowest BCUT2D eigenvalue weighted by Gasteiger charge is -2.25. The van der Waals surface area contributed by atoms with Crippen molar-refractivity contribution in [2.24, 2.45) is 0 Å². The van der Waals surface area contributed by atoms with Gasteiger partial charge in [-0.1, -0.05) is 0 Å². The number of Topliss-reactive ketones (excluding diaryl/α,β-unsaturated/α-hetero) is 1. The molecule has 0 amide bonds. The Labute approximate surface area is 235 Å². The molecule has 2 aliphatic carbocycles. The molecule has 0 atom stereocenters. The summed E-state index contributed by atoms with van der Waals surface area (Å²) in [6.45, 7) is 15.9. The van der Waals surface area contributed by atoms with Crippen molar-refractivity contribution in [2.75, 3.05) is 31.1 Å². The van der Waals surface area contributed by atoms with Gasteiger partial charge in [-0.2, -0.15) is 0 Å². The van der Waals surface area contributed by atoms with E-state index in [1.807, 2.05) is 50.3 Å². The molecule has 6 nitrogen and oxygen atoms in total. The Kier molecular flexibility index (Phi) is 7.53. The fraction of sp³-hybridized carbons (Fsp3) is 0.294. The smallest absolute Gasteiger partial charge is 0.203 e. The summed E-state index contributed by atoms with van der Waals surface area (Å²) in [4.78, 5) is 15.5. The monoisotopic (exact) mass is 537 g/mol. The first-order valence-electron chi connectivity index (χ1n) is 14.1. The molecule has 0 saturated carbocycles. The number of aliphatic hydroxyl groups is 1. The van der Waals surface area contributed by atoms with Crippen LogP contribution in [-0.4, -0.2) is 37.1 Å². The summed E-state index contributed by atoms with van der Waals surface area (Å²) in [5.74, 6) is 2.78. The molecule has 4 aliphatic rings. The van der Waals surface area contributed by atoms with Crippen LogP contribution in [-0.2, 0) is 4.79 Å². The number of ketones is 1. The van der Waals surface area contributed by atoms with Crippen LogP contribution in [0.15, 0.2) is 81.7 Å². The standard InChI is InChI=1S/C34H36N2O4/c1-7-35(8-2)25-11-13-27-23(15-21(5)39-31(27)19-25)17-29-33(37)30(34(29)38)18-24-16-22(6)40-32-20-26(12-14-28(24)32)36(9-3)10-4/h11-20H,7-10H2,1-6H3/p+1. The Bertz CT molecular complexity index is 1660. The molecule has 0 unspecified atom stereocenters. The van der Waals surface area contributed by atoms with E-state index in [4.69, 9.17) is 9.15 Å². The number of rotatable bonds is 7. The Morgan fingerprint density at radius 2 is 1.65 bits per heavy atom.